The molecule has 0 amide bonds. The Morgan fingerprint density at radius 3 is 2.73 bits per heavy atom. The first kappa shape index (κ1) is 20.8. The highest BCUT2D eigenvalue weighted by Crippen LogP contribution is 2.27. The lowest BCUT2D eigenvalue weighted by Gasteiger charge is -2.21. The number of nitrogens with zero attached hydrogens (tertiary/aromatic N) is 2. The maximum absolute atomic E-state index is 10.1. The van der Waals surface area contributed by atoms with E-state index in [-0.39, 0.29) is 5.41 Å². The minimum absolute atomic E-state index is 0.0972. The number of pyridine rings is 1. The summed E-state index contributed by atoms with van der Waals surface area (Å²) < 4.78 is 5.53. The van der Waals surface area contributed by atoms with Crippen molar-refractivity contribution in [3.05, 3.63) is 22.9 Å². The van der Waals surface area contributed by atoms with Crippen LogP contribution in [0.5, 0.6) is 0 Å². The number of nitrogens with one attached hydrogen (secondary N) is 1. The van der Waals surface area contributed by atoms with Crippen LogP contribution in [-0.2, 0) is 28.9 Å². The fourth-order valence-corrected chi connectivity index (χ4v) is 3.18. The summed E-state index contributed by atoms with van der Waals surface area (Å²) in [6.45, 7) is 10.9. The van der Waals surface area contributed by atoms with Crippen LogP contribution >= 0.6 is 0 Å². The van der Waals surface area contributed by atoms with Gasteiger partial charge >= 0.3 is 0 Å². The summed E-state index contributed by atoms with van der Waals surface area (Å²) in [6.07, 6.45) is 6.66. The third-order valence-electron chi connectivity index (χ3n) is 5.34. The molecule has 0 radical (unpaired) electrons. The standard InChI is InChI=1S/C15H23N3O.C6H12O/c1-16-15-10-12(13-4-2-5-14(13)17-15)11-18-6-3-8-19-9-7-18;1-4-6(2,3)5-7/h10H,2-9,11H2,1H3,(H,16,17);5H,4H2,1-3H3. The quantitative estimate of drug-likeness (QED) is 0.814. The zero-order valence-corrected chi connectivity index (χ0v) is 16.9. The van der Waals surface area contributed by atoms with Gasteiger partial charge in [-0.15, -0.1) is 0 Å². The largest absolute Gasteiger partial charge is 0.380 e. The van der Waals surface area contributed by atoms with Gasteiger partial charge in [0.1, 0.15) is 12.1 Å². The summed E-state index contributed by atoms with van der Waals surface area (Å²) >= 11 is 0. The van der Waals surface area contributed by atoms with Crippen molar-refractivity contribution in [1.82, 2.24) is 9.88 Å². The van der Waals surface area contributed by atoms with Gasteiger partial charge in [-0.05, 0) is 49.3 Å². The molecular weight excluding hydrogens is 326 g/mol. The van der Waals surface area contributed by atoms with Crippen LogP contribution in [0, 0.1) is 5.41 Å². The molecule has 146 valence electrons. The molecule has 3 rings (SSSR count). The molecule has 1 fully saturated rings. The van der Waals surface area contributed by atoms with E-state index in [1.165, 1.54) is 29.7 Å². The van der Waals surface area contributed by atoms with E-state index in [9.17, 15) is 4.79 Å². The lowest BCUT2D eigenvalue weighted by Crippen LogP contribution is -2.26. The molecule has 1 saturated heterocycles. The minimum Gasteiger partial charge on any atom is -0.380 e. The molecule has 1 aliphatic carbocycles. The second kappa shape index (κ2) is 10.0. The topological polar surface area (TPSA) is 54.5 Å². The van der Waals surface area contributed by atoms with Crippen LogP contribution in [0.3, 0.4) is 0 Å². The zero-order valence-electron chi connectivity index (χ0n) is 16.9. The van der Waals surface area contributed by atoms with Crippen molar-refractivity contribution >= 4 is 12.1 Å². The van der Waals surface area contributed by atoms with E-state index in [4.69, 9.17) is 4.74 Å². The van der Waals surface area contributed by atoms with Gasteiger partial charge in [0, 0.05) is 44.4 Å². The number of carbonyl (C=O) groups excluding carboxylic acids is 1. The lowest BCUT2D eigenvalue weighted by molar-refractivity contribution is -0.114. The zero-order chi connectivity index (χ0) is 19.0. The lowest BCUT2D eigenvalue weighted by atomic mass is 9.93. The Labute approximate surface area is 158 Å². The van der Waals surface area contributed by atoms with Gasteiger partial charge in [-0.2, -0.15) is 0 Å². The maximum atomic E-state index is 10.1. The van der Waals surface area contributed by atoms with Crippen molar-refractivity contribution in [3.63, 3.8) is 0 Å². The van der Waals surface area contributed by atoms with Gasteiger partial charge < -0.3 is 14.8 Å². The molecular formula is C21H35N3O2. The van der Waals surface area contributed by atoms with Crippen LogP contribution in [0.1, 0.15) is 56.9 Å². The van der Waals surface area contributed by atoms with Crippen LogP contribution < -0.4 is 5.32 Å². The monoisotopic (exact) mass is 361 g/mol. The van der Waals surface area contributed by atoms with E-state index < -0.39 is 0 Å². The molecule has 1 aromatic rings. The average Bonchev–Trinajstić information content (AvgIpc) is 2.99. The molecule has 0 saturated carbocycles. The Hall–Kier alpha value is -1.46. The van der Waals surface area contributed by atoms with E-state index in [1.807, 2.05) is 27.8 Å². The van der Waals surface area contributed by atoms with E-state index in [0.717, 1.165) is 64.2 Å². The predicted octanol–water partition coefficient (Wildman–Crippen LogP) is 3.46. The maximum Gasteiger partial charge on any atom is 0.126 e. The van der Waals surface area contributed by atoms with Crippen LogP contribution in [0.4, 0.5) is 5.82 Å². The molecule has 1 aliphatic heterocycles. The van der Waals surface area contributed by atoms with Gasteiger partial charge in [0.2, 0.25) is 0 Å². The highest BCUT2D eigenvalue weighted by molar-refractivity contribution is 5.57. The summed E-state index contributed by atoms with van der Waals surface area (Å²) in [6, 6.07) is 2.23. The number of hydrogen-bond donors (Lipinski definition) is 1. The Morgan fingerprint density at radius 1 is 1.27 bits per heavy atom. The Morgan fingerprint density at radius 2 is 2.08 bits per heavy atom. The van der Waals surface area contributed by atoms with E-state index in [2.05, 4.69) is 21.3 Å². The minimum atomic E-state index is -0.0972. The van der Waals surface area contributed by atoms with E-state index in [0.29, 0.717) is 0 Å². The molecule has 5 nitrogen and oxygen atoms in total. The summed E-state index contributed by atoms with van der Waals surface area (Å²) in [7, 11) is 1.95. The molecule has 2 heterocycles. The number of aromatic nitrogens is 1. The fraction of sp³-hybridized carbons (Fsp3) is 0.714. The molecule has 1 aromatic heterocycles. The molecule has 2 aliphatic rings. The van der Waals surface area contributed by atoms with Crippen LogP contribution in [0.25, 0.3) is 0 Å². The number of ether oxygens (including phenoxy) is 1. The van der Waals surface area contributed by atoms with E-state index >= 15 is 0 Å². The summed E-state index contributed by atoms with van der Waals surface area (Å²) in [5, 5.41) is 3.19. The smallest absolute Gasteiger partial charge is 0.126 e. The Bertz CT molecular complexity index is 579. The van der Waals surface area contributed by atoms with Gasteiger partial charge in [0.05, 0.1) is 6.61 Å². The van der Waals surface area contributed by atoms with Gasteiger partial charge in [-0.1, -0.05) is 20.8 Å². The number of hydrogen-bond acceptors (Lipinski definition) is 5. The fourth-order valence-electron chi connectivity index (χ4n) is 3.18. The summed E-state index contributed by atoms with van der Waals surface area (Å²) in [5.41, 5.74) is 4.19. The van der Waals surface area contributed by atoms with Crippen LogP contribution in [0.15, 0.2) is 6.07 Å². The molecule has 0 unspecified atom stereocenters. The molecule has 5 heteroatoms. The highest BCUT2D eigenvalue weighted by atomic mass is 16.5. The van der Waals surface area contributed by atoms with Crippen molar-refractivity contribution in [3.8, 4) is 0 Å². The molecule has 1 N–H and O–H groups in total. The van der Waals surface area contributed by atoms with Crippen LogP contribution in [-0.4, -0.2) is 49.5 Å². The van der Waals surface area contributed by atoms with Crippen LogP contribution in [0.2, 0.25) is 0 Å². The molecule has 0 aromatic carbocycles. The molecule has 0 spiro atoms. The number of rotatable bonds is 5. The van der Waals surface area contributed by atoms with Gasteiger partial charge in [0.15, 0.2) is 0 Å². The van der Waals surface area contributed by atoms with Gasteiger partial charge in [0.25, 0.3) is 0 Å². The number of anilines is 1. The Balaban J connectivity index is 0.000000298. The predicted molar refractivity (Wildman–Crippen MR) is 107 cm³/mol. The van der Waals surface area contributed by atoms with Gasteiger partial charge in [-0.3, -0.25) is 4.90 Å². The number of fused-ring (bicyclic) bond motifs is 1. The van der Waals surface area contributed by atoms with Crippen molar-refractivity contribution in [2.75, 3.05) is 38.7 Å². The van der Waals surface area contributed by atoms with Crippen molar-refractivity contribution in [2.24, 2.45) is 5.41 Å². The molecule has 0 bridgehead atoms. The van der Waals surface area contributed by atoms with Crippen molar-refractivity contribution in [1.29, 1.82) is 0 Å². The Kier molecular flexibility index (Phi) is 8.04. The normalized spacial score (nSPS) is 17.7. The second-order valence-corrected chi connectivity index (χ2v) is 7.90. The SMILES string of the molecule is CCC(C)(C)C=O.CNc1cc(CN2CCCOCC2)c2c(n1)CCC2. The van der Waals surface area contributed by atoms with Crippen molar-refractivity contribution < 1.29 is 9.53 Å². The second-order valence-electron chi connectivity index (χ2n) is 7.90. The third-order valence-corrected chi connectivity index (χ3v) is 5.34. The first-order valence-corrected chi connectivity index (χ1v) is 9.95. The molecule has 26 heavy (non-hydrogen) atoms. The first-order valence-electron chi connectivity index (χ1n) is 9.95. The number of aryl methyl sites for hydroxylation is 1. The van der Waals surface area contributed by atoms with Gasteiger partial charge in [-0.25, -0.2) is 4.98 Å². The average molecular weight is 362 g/mol. The third kappa shape index (κ3) is 6.06. The molecule has 0 atom stereocenters. The van der Waals surface area contributed by atoms with E-state index in [1.54, 1.807) is 0 Å². The summed E-state index contributed by atoms with van der Waals surface area (Å²) in [4.78, 5) is 17.3. The number of aldehydes is 1. The first-order chi connectivity index (χ1) is 12.5. The van der Waals surface area contributed by atoms with Crippen molar-refractivity contribution in [2.45, 2.75) is 59.4 Å². The highest BCUT2D eigenvalue weighted by Gasteiger charge is 2.19. The number of carbonyl (C=O) groups is 1. The summed E-state index contributed by atoms with van der Waals surface area (Å²) in [5.74, 6) is 1.02.